The van der Waals surface area contributed by atoms with E-state index in [1.54, 1.807) is 4.52 Å². The van der Waals surface area contributed by atoms with E-state index >= 15 is 0 Å². The van der Waals surface area contributed by atoms with Gasteiger partial charge in [-0.1, -0.05) is 42.5 Å². The maximum absolute atomic E-state index is 13.0. The SMILES string of the molecule is Cc1ccc2cc(CN(CCc3ccccc3)C(=O)C3CC3)c3nnnn3c2c1. The number of carbonyl (C=O) groups excluding carboxylic acids is 1. The lowest BCUT2D eigenvalue weighted by atomic mass is 10.1. The Morgan fingerprint density at radius 3 is 2.76 bits per heavy atom. The molecule has 0 unspecified atom stereocenters. The first-order chi connectivity index (χ1) is 14.2. The lowest BCUT2D eigenvalue weighted by Crippen LogP contribution is -2.33. The molecule has 0 aliphatic heterocycles. The van der Waals surface area contributed by atoms with E-state index in [1.807, 2.05) is 23.1 Å². The highest BCUT2D eigenvalue weighted by Gasteiger charge is 2.33. The van der Waals surface area contributed by atoms with Crippen LogP contribution >= 0.6 is 0 Å². The predicted molar refractivity (Wildman–Crippen MR) is 111 cm³/mol. The van der Waals surface area contributed by atoms with Crippen LogP contribution in [-0.4, -0.2) is 37.4 Å². The Hall–Kier alpha value is -3.28. The molecule has 1 aliphatic rings. The summed E-state index contributed by atoms with van der Waals surface area (Å²) in [6.45, 7) is 3.28. The summed E-state index contributed by atoms with van der Waals surface area (Å²) in [5.41, 5.74) is 5.09. The quantitative estimate of drug-likeness (QED) is 0.509. The van der Waals surface area contributed by atoms with Gasteiger partial charge in [0.2, 0.25) is 5.91 Å². The van der Waals surface area contributed by atoms with E-state index in [0.29, 0.717) is 13.1 Å². The molecule has 1 saturated carbocycles. The minimum atomic E-state index is 0.181. The average Bonchev–Trinajstić information content (AvgIpc) is 3.47. The second kappa shape index (κ2) is 7.28. The number of aromatic nitrogens is 4. The van der Waals surface area contributed by atoms with E-state index < -0.39 is 0 Å². The van der Waals surface area contributed by atoms with Crippen LogP contribution in [0.2, 0.25) is 0 Å². The highest BCUT2D eigenvalue weighted by molar-refractivity contribution is 5.84. The van der Waals surface area contributed by atoms with Gasteiger partial charge in [0.25, 0.3) is 0 Å². The highest BCUT2D eigenvalue weighted by atomic mass is 16.2. The van der Waals surface area contributed by atoms with Crippen LogP contribution < -0.4 is 0 Å². The number of carbonyl (C=O) groups is 1. The van der Waals surface area contributed by atoms with Crippen LogP contribution in [0.5, 0.6) is 0 Å². The van der Waals surface area contributed by atoms with E-state index in [0.717, 1.165) is 46.9 Å². The summed E-state index contributed by atoms with van der Waals surface area (Å²) >= 11 is 0. The smallest absolute Gasteiger partial charge is 0.225 e. The molecule has 0 radical (unpaired) electrons. The summed E-state index contributed by atoms with van der Waals surface area (Å²) in [5, 5.41) is 13.4. The molecule has 6 nitrogen and oxygen atoms in total. The normalized spacial score (nSPS) is 13.8. The number of fused-ring (bicyclic) bond motifs is 3. The van der Waals surface area contributed by atoms with E-state index in [-0.39, 0.29) is 11.8 Å². The predicted octanol–water partition coefficient (Wildman–Crippen LogP) is 3.57. The van der Waals surface area contributed by atoms with E-state index in [1.165, 1.54) is 5.56 Å². The van der Waals surface area contributed by atoms with E-state index in [2.05, 4.69) is 58.8 Å². The van der Waals surface area contributed by atoms with E-state index in [4.69, 9.17) is 0 Å². The fourth-order valence-electron chi connectivity index (χ4n) is 3.85. The van der Waals surface area contributed by atoms with Gasteiger partial charge in [-0.3, -0.25) is 4.79 Å². The molecule has 0 N–H and O–H groups in total. The summed E-state index contributed by atoms with van der Waals surface area (Å²) in [5.74, 6) is 0.427. The van der Waals surface area contributed by atoms with Gasteiger partial charge in [0.15, 0.2) is 5.65 Å². The summed E-state index contributed by atoms with van der Waals surface area (Å²) in [6, 6.07) is 18.7. The van der Waals surface area contributed by atoms with Crippen molar-refractivity contribution in [2.24, 2.45) is 5.92 Å². The van der Waals surface area contributed by atoms with Gasteiger partial charge in [-0.15, -0.1) is 5.10 Å². The second-order valence-corrected chi connectivity index (χ2v) is 7.92. The Kier molecular flexibility index (Phi) is 4.46. The van der Waals surface area contributed by atoms with Crippen LogP contribution in [0.1, 0.15) is 29.5 Å². The van der Waals surface area contributed by atoms with Crippen molar-refractivity contribution in [3.8, 4) is 0 Å². The fraction of sp³-hybridized carbons (Fsp3) is 0.304. The molecule has 4 aromatic rings. The molecule has 6 heteroatoms. The van der Waals surface area contributed by atoms with Gasteiger partial charge in [0, 0.05) is 30.0 Å². The maximum Gasteiger partial charge on any atom is 0.225 e. The zero-order chi connectivity index (χ0) is 19.8. The Morgan fingerprint density at radius 1 is 1.14 bits per heavy atom. The third-order valence-corrected chi connectivity index (χ3v) is 5.61. The molecular weight excluding hydrogens is 362 g/mol. The monoisotopic (exact) mass is 385 g/mol. The summed E-state index contributed by atoms with van der Waals surface area (Å²) in [4.78, 5) is 15.0. The van der Waals surface area contributed by atoms with Crippen LogP contribution in [-0.2, 0) is 17.8 Å². The number of amides is 1. The molecule has 2 aromatic heterocycles. The summed E-state index contributed by atoms with van der Waals surface area (Å²) in [7, 11) is 0. The van der Waals surface area contributed by atoms with Crippen molar-refractivity contribution in [2.75, 3.05) is 6.54 Å². The third-order valence-electron chi connectivity index (χ3n) is 5.61. The maximum atomic E-state index is 13.0. The zero-order valence-electron chi connectivity index (χ0n) is 16.5. The molecule has 0 atom stereocenters. The van der Waals surface area contributed by atoms with Gasteiger partial charge in [0.1, 0.15) is 0 Å². The molecule has 146 valence electrons. The van der Waals surface area contributed by atoms with E-state index in [9.17, 15) is 4.79 Å². The topological polar surface area (TPSA) is 63.4 Å². The number of hydrogen-bond donors (Lipinski definition) is 0. The minimum absolute atomic E-state index is 0.181. The molecular formula is C23H23N5O. The molecule has 1 fully saturated rings. The summed E-state index contributed by atoms with van der Waals surface area (Å²) in [6.07, 6.45) is 2.84. The lowest BCUT2D eigenvalue weighted by molar-refractivity contribution is -0.133. The Balaban J connectivity index is 1.48. The Morgan fingerprint density at radius 2 is 1.97 bits per heavy atom. The zero-order valence-corrected chi connectivity index (χ0v) is 16.5. The number of aryl methyl sites for hydroxylation is 1. The van der Waals surface area contributed by atoms with Gasteiger partial charge in [0.05, 0.1) is 5.52 Å². The highest BCUT2D eigenvalue weighted by Crippen LogP contribution is 2.32. The molecule has 5 rings (SSSR count). The van der Waals surface area contributed by atoms with Gasteiger partial charge >= 0.3 is 0 Å². The van der Waals surface area contributed by atoms with Crippen molar-refractivity contribution in [1.29, 1.82) is 0 Å². The van der Waals surface area contributed by atoms with Gasteiger partial charge < -0.3 is 4.90 Å². The molecule has 0 spiro atoms. The number of tetrazole rings is 1. The average molecular weight is 385 g/mol. The number of benzene rings is 2. The molecule has 2 heterocycles. The third kappa shape index (κ3) is 3.58. The first kappa shape index (κ1) is 17.8. The minimum Gasteiger partial charge on any atom is -0.338 e. The molecule has 0 bridgehead atoms. The van der Waals surface area contributed by atoms with Gasteiger partial charge in [-0.05, 0) is 59.9 Å². The van der Waals surface area contributed by atoms with Crippen molar-refractivity contribution >= 4 is 22.5 Å². The fourth-order valence-corrected chi connectivity index (χ4v) is 3.85. The first-order valence-electron chi connectivity index (χ1n) is 10.1. The van der Waals surface area contributed by atoms with Crippen LogP contribution in [0.4, 0.5) is 0 Å². The largest absolute Gasteiger partial charge is 0.338 e. The van der Waals surface area contributed by atoms with Crippen molar-refractivity contribution in [3.63, 3.8) is 0 Å². The van der Waals surface area contributed by atoms with Crippen LogP contribution in [0.3, 0.4) is 0 Å². The van der Waals surface area contributed by atoms with Crippen LogP contribution in [0.25, 0.3) is 16.6 Å². The van der Waals surface area contributed by atoms with Gasteiger partial charge in [-0.2, -0.15) is 4.52 Å². The second-order valence-electron chi connectivity index (χ2n) is 7.92. The van der Waals surface area contributed by atoms with Crippen molar-refractivity contribution in [2.45, 2.75) is 32.7 Å². The van der Waals surface area contributed by atoms with Crippen molar-refractivity contribution < 1.29 is 4.79 Å². The molecule has 2 aromatic carbocycles. The number of rotatable bonds is 6. The van der Waals surface area contributed by atoms with Crippen molar-refractivity contribution in [1.82, 2.24) is 24.9 Å². The van der Waals surface area contributed by atoms with Crippen LogP contribution in [0, 0.1) is 12.8 Å². The molecule has 1 aliphatic carbocycles. The number of hydrogen-bond acceptors (Lipinski definition) is 4. The lowest BCUT2D eigenvalue weighted by Gasteiger charge is -2.23. The first-order valence-corrected chi connectivity index (χ1v) is 10.1. The van der Waals surface area contributed by atoms with Crippen molar-refractivity contribution in [3.05, 3.63) is 71.3 Å². The molecule has 29 heavy (non-hydrogen) atoms. The standard InChI is InChI=1S/C23H23N5O/c1-16-7-8-19-14-20(22-24-25-26-28(22)21(19)13-16)15-27(23(29)18-9-10-18)12-11-17-5-3-2-4-6-17/h2-8,13-14,18H,9-12,15H2,1H3. The Labute approximate surface area is 169 Å². The number of pyridine rings is 1. The van der Waals surface area contributed by atoms with Crippen LogP contribution in [0.15, 0.2) is 54.6 Å². The Bertz CT molecular complexity index is 1180. The molecule has 0 saturated heterocycles. The van der Waals surface area contributed by atoms with Gasteiger partial charge in [-0.25, -0.2) is 0 Å². The molecule has 1 amide bonds. The summed E-state index contributed by atoms with van der Waals surface area (Å²) < 4.78 is 1.79. The number of nitrogens with zero attached hydrogens (tertiary/aromatic N) is 5.